The highest BCUT2D eigenvalue weighted by molar-refractivity contribution is 8.26. The summed E-state index contributed by atoms with van der Waals surface area (Å²) in [5, 5.41) is 10.8. The van der Waals surface area contributed by atoms with Gasteiger partial charge in [-0.1, -0.05) is 50.7 Å². The average Bonchev–Trinajstić information content (AvgIpc) is 2.42. The van der Waals surface area contributed by atoms with Crippen molar-refractivity contribution in [2.45, 2.75) is 31.8 Å². The second-order valence-electron chi connectivity index (χ2n) is 6.64. The quantitative estimate of drug-likeness (QED) is 0.681. The Morgan fingerprint density at radius 1 is 1.30 bits per heavy atom. The molecular formula is C16H18N2S2. The van der Waals surface area contributed by atoms with Gasteiger partial charge in [0.25, 0.3) is 0 Å². The topological polar surface area (TPSA) is 36.1 Å². The van der Waals surface area contributed by atoms with Crippen molar-refractivity contribution in [2.75, 3.05) is 5.75 Å². The Labute approximate surface area is 129 Å². The summed E-state index contributed by atoms with van der Waals surface area (Å²) >= 11 is 3.67. The monoisotopic (exact) mass is 302 g/mol. The van der Waals surface area contributed by atoms with Gasteiger partial charge in [0.05, 0.1) is 22.2 Å². The molecule has 2 nitrogen and oxygen atoms in total. The van der Waals surface area contributed by atoms with E-state index in [2.05, 4.69) is 52.0 Å². The predicted octanol–water partition coefficient (Wildman–Crippen LogP) is 4.94. The molecule has 1 spiro atoms. The number of rotatable bonds is 0. The maximum atomic E-state index is 9.66. The van der Waals surface area contributed by atoms with E-state index in [1.165, 1.54) is 5.56 Å². The second kappa shape index (κ2) is 4.29. The van der Waals surface area contributed by atoms with Crippen LogP contribution in [0.15, 0.2) is 29.3 Å². The molecule has 1 saturated heterocycles. The highest BCUT2D eigenvalue weighted by atomic mass is 32.2. The number of hydrogen-bond donors (Lipinski definition) is 0. The normalized spacial score (nSPS) is 32.0. The van der Waals surface area contributed by atoms with Gasteiger partial charge in [0.2, 0.25) is 0 Å². The van der Waals surface area contributed by atoms with Crippen LogP contribution in [0.1, 0.15) is 33.3 Å². The summed E-state index contributed by atoms with van der Waals surface area (Å²) < 4.78 is -0.192. The summed E-state index contributed by atoms with van der Waals surface area (Å²) in [7, 11) is 0. The number of aliphatic imine (C=N–C) groups is 1. The molecule has 1 fully saturated rings. The van der Waals surface area contributed by atoms with E-state index in [-0.39, 0.29) is 14.9 Å². The van der Waals surface area contributed by atoms with Gasteiger partial charge in [0.15, 0.2) is 0 Å². The van der Waals surface area contributed by atoms with Crippen LogP contribution in [-0.2, 0) is 4.08 Å². The molecule has 0 aliphatic carbocycles. The minimum Gasteiger partial charge on any atom is -0.246 e. The molecule has 0 aromatic heterocycles. The van der Waals surface area contributed by atoms with E-state index in [1.807, 2.05) is 17.8 Å². The molecule has 0 saturated carbocycles. The molecular weight excluding hydrogens is 284 g/mol. The van der Waals surface area contributed by atoms with Gasteiger partial charge in [-0.2, -0.15) is 5.26 Å². The summed E-state index contributed by atoms with van der Waals surface area (Å²) in [5.41, 5.74) is 1.92. The number of nitrogens with zero attached hydrogens (tertiary/aromatic N) is 2. The van der Waals surface area contributed by atoms with Gasteiger partial charge in [-0.25, -0.2) is 4.99 Å². The maximum absolute atomic E-state index is 9.66. The Morgan fingerprint density at radius 3 is 2.55 bits per heavy atom. The van der Waals surface area contributed by atoms with Gasteiger partial charge in [0.1, 0.15) is 4.08 Å². The Hall–Kier alpha value is -0.920. The van der Waals surface area contributed by atoms with Crippen molar-refractivity contribution >= 4 is 34.3 Å². The van der Waals surface area contributed by atoms with E-state index >= 15 is 0 Å². The van der Waals surface area contributed by atoms with E-state index in [4.69, 9.17) is 4.99 Å². The lowest BCUT2D eigenvalue weighted by Crippen LogP contribution is -2.51. The summed E-state index contributed by atoms with van der Waals surface area (Å²) in [5.74, 6) is 0.891. The lowest BCUT2D eigenvalue weighted by Gasteiger charge is -2.55. The van der Waals surface area contributed by atoms with Crippen LogP contribution in [0.2, 0.25) is 0 Å². The van der Waals surface area contributed by atoms with Crippen LogP contribution in [0.25, 0.3) is 0 Å². The number of benzene rings is 1. The molecule has 104 valence electrons. The van der Waals surface area contributed by atoms with Crippen molar-refractivity contribution in [2.24, 2.45) is 15.8 Å². The van der Waals surface area contributed by atoms with Gasteiger partial charge in [-0.3, -0.25) is 0 Å². The van der Waals surface area contributed by atoms with Crippen molar-refractivity contribution in [3.63, 3.8) is 0 Å². The van der Waals surface area contributed by atoms with Crippen LogP contribution >= 0.6 is 23.5 Å². The number of para-hydroxylation sites is 1. The van der Waals surface area contributed by atoms with Gasteiger partial charge in [0, 0.05) is 16.7 Å². The lowest BCUT2D eigenvalue weighted by molar-refractivity contribution is 0.420. The van der Waals surface area contributed by atoms with Crippen LogP contribution < -0.4 is 0 Å². The maximum Gasteiger partial charge on any atom is 0.113 e. The van der Waals surface area contributed by atoms with E-state index in [0.29, 0.717) is 0 Å². The minimum atomic E-state index is -0.328. The number of fused-ring (bicyclic) bond motifs is 2. The van der Waals surface area contributed by atoms with Crippen LogP contribution in [0.4, 0.5) is 5.69 Å². The highest BCUT2D eigenvalue weighted by Gasteiger charge is 2.62. The van der Waals surface area contributed by atoms with Gasteiger partial charge in [-0.15, -0.1) is 11.8 Å². The molecule has 0 N–H and O–H groups in total. The number of nitriles is 1. The van der Waals surface area contributed by atoms with Gasteiger partial charge >= 0.3 is 0 Å². The summed E-state index contributed by atoms with van der Waals surface area (Å²) in [6.07, 6.45) is 0. The van der Waals surface area contributed by atoms with Crippen LogP contribution in [0, 0.1) is 22.2 Å². The zero-order valence-electron chi connectivity index (χ0n) is 12.2. The first-order chi connectivity index (χ1) is 9.32. The Balaban J connectivity index is 2.20. The molecule has 2 atom stereocenters. The van der Waals surface area contributed by atoms with Gasteiger partial charge in [-0.05, 0) is 13.0 Å². The summed E-state index contributed by atoms with van der Waals surface area (Å²) in [6.45, 7) is 8.65. The Bertz CT molecular complexity index is 639. The van der Waals surface area contributed by atoms with Gasteiger partial charge < -0.3 is 0 Å². The minimum absolute atomic E-state index is 0.0116. The zero-order valence-corrected chi connectivity index (χ0v) is 13.9. The fourth-order valence-corrected chi connectivity index (χ4v) is 5.92. The third-order valence-corrected chi connectivity index (χ3v) is 8.16. The fraction of sp³-hybridized carbons (Fsp3) is 0.500. The predicted molar refractivity (Wildman–Crippen MR) is 88.4 cm³/mol. The molecule has 0 radical (unpaired) electrons. The Kier molecular flexibility index (Phi) is 3.01. The molecule has 1 aromatic carbocycles. The smallest absolute Gasteiger partial charge is 0.113 e. The first kappa shape index (κ1) is 14.0. The van der Waals surface area contributed by atoms with Crippen molar-refractivity contribution < 1.29 is 0 Å². The lowest BCUT2D eigenvalue weighted by atomic mass is 9.83. The molecule has 4 heteroatoms. The molecule has 20 heavy (non-hydrogen) atoms. The van der Waals surface area contributed by atoms with E-state index in [1.54, 1.807) is 11.8 Å². The average molecular weight is 302 g/mol. The number of thioether (sulfide) groups is 2. The van der Waals surface area contributed by atoms with E-state index in [9.17, 15) is 5.26 Å². The summed E-state index contributed by atoms with van der Waals surface area (Å²) in [6, 6.07) is 10.8. The molecule has 2 aliphatic rings. The third kappa shape index (κ3) is 1.76. The van der Waals surface area contributed by atoms with Crippen molar-refractivity contribution in [3.05, 3.63) is 29.8 Å². The third-order valence-electron chi connectivity index (χ3n) is 3.90. The Morgan fingerprint density at radius 2 is 2.00 bits per heavy atom. The largest absolute Gasteiger partial charge is 0.246 e. The second-order valence-corrected chi connectivity index (χ2v) is 9.29. The highest BCUT2D eigenvalue weighted by Crippen LogP contribution is 2.71. The van der Waals surface area contributed by atoms with Crippen molar-refractivity contribution in [1.82, 2.24) is 0 Å². The first-order valence-electron chi connectivity index (χ1n) is 6.75. The van der Waals surface area contributed by atoms with E-state index in [0.717, 1.165) is 16.5 Å². The molecule has 2 aliphatic heterocycles. The van der Waals surface area contributed by atoms with Crippen LogP contribution in [0.3, 0.4) is 0 Å². The molecule has 1 aromatic rings. The fourth-order valence-electron chi connectivity index (χ4n) is 2.54. The van der Waals surface area contributed by atoms with Crippen molar-refractivity contribution in [1.29, 1.82) is 5.26 Å². The summed E-state index contributed by atoms with van der Waals surface area (Å²) in [4.78, 5) is 4.85. The molecule has 2 heterocycles. The molecule has 0 bridgehead atoms. The number of hydrogen-bond acceptors (Lipinski definition) is 4. The molecule has 3 rings (SSSR count). The SMILES string of the molecule is CC(C)(C)C1=Nc2ccccc2[C@@]2(SC[C@]2(C)C#N)S1. The molecule has 0 amide bonds. The van der Waals surface area contributed by atoms with Crippen molar-refractivity contribution in [3.8, 4) is 6.07 Å². The first-order valence-corrected chi connectivity index (χ1v) is 8.55. The van der Waals surface area contributed by atoms with Crippen LogP contribution in [-0.4, -0.2) is 10.8 Å². The molecule has 0 unspecified atom stereocenters. The van der Waals surface area contributed by atoms with E-state index < -0.39 is 0 Å². The standard InChI is InChI=1S/C16H18N2S2/c1-14(2,3)13-18-12-8-6-5-7-11(12)16(20-13)15(4,9-17)10-19-16/h5-8H,10H2,1-4H3/t15-,16+/m0/s1. The zero-order chi connectivity index (χ0) is 14.6. The van der Waals surface area contributed by atoms with Crippen LogP contribution in [0.5, 0.6) is 0 Å².